The third-order valence-corrected chi connectivity index (χ3v) is 3.28. The minimum Gasteiger partial charge on any atom is -0.507 e. The third-order valence-electron chi connectivity index (χ3n) is 3.28. The van der Waals surface area contributed by atoms with Crippen LogP contribution in [0.25, 0.3) is 0 Å². The highest BCUT2D eigenvalue weighted by Crippen LogP contribution is 2.27. The fraction of sp³-hybridized carbons (Fsp3) is 0.462. The molecule has 5 nitrogen and oxygen atoms in total. The van der Waals surface area contributed by atoms with Crippen molar-refractivity contribution in [2.24, 2.45) is 0 Å². The van der Waals surface area contributed by atoms with Gasteiger partial charge in [-0.2, -0.15) is 0 Å². The smallest absolute Gasteiger partial charge is 0.257 e. The molecule has 0 spiro atoms. The van der Waals surface area contributed by atoms with Crippen molar-refractivity contribution < 1.29 is 19.7 Å². The number of carbonyl (C=O) groups is 1. The van der Waals surface area contributed by atoms with Gasteiger partial charge < -0.3 is 19.8 Å². The van der Waals surface area contributed by atoms with Crippen LogP contribution < -0.4 is 4.74 Å². The summed E-state index contributed by atoms with van der Waals surface area (Å²) < 4.78 is 4.97. The molecule has 1 aliphatic rings. The van der Waals surface area contributed by atoms with E-state index in [1.54, 1.807) is 17.0 Å². The van der Waals surface area contributed by atoms with E-state index in [1.165, 1.54) is 13.2 Å². The predicted molar refractivity (Wildman–Crippen MR) is 65.8 cm³/mol. The average Bonchev–Trinajstić information content (AvgIpc) is 2.86. The van der Waals surface area contributed by atoms with E-state index in [-0.39, 0.29) is 29.9 Å². The summed E-state index contributed by atoms with van der Waals surface area (Å²) in [6, 6.07) is 4.45. The topological polar surface area (TPSA) is 70.0 Å². The highest BCUT2D eigenvalue weighted by Gasteiger charge is 2.30. The molecule has 0 saturated carbocycles. The predicted octanol–water partition coefficient (Wildman–Crippen LogP) is 0.998. The number of rotatable bonds is 3. The molecule has 1 saturated heterocycles. The van der Waals surface area contributed by atoms with Crippen molar-refractivity contribution in [3.05, 3.63) is 23.8 Å². The van der Waals surface area contributed by atoms with E-state index in [1.807, 2.05) is 0 Å². The average molecular weight is 251 g/mol. The fourth-order valence-electron chi connectivity index (χ4n) is 2.27. The Morgan fingerprint density at radius 3 is 2.94 bits per heavy atom. The Morgan fingerprint density at radius 1 is 1.56 bits per heavy atom. The Morgan fingerprint density at radius 2 is 2.33 bits per heavy atom. The zero-order valence-corrected chi connectivity index (χ0v) is 10.3. The summed E-state index contributed by atoms with van der Waals surface area (Å²) in [5, 5.41) is 19.0. The number of aliphatic hydroxyl groups excluding tert-OH is 1. The van der Waals surface area contributed by atoms with Crippen molar-refractivity contribution >= 4 is 5.91 Å². The molecular formula is C13H17NO4. The lowest BCUT2D eigenvalue weighted by molar-refractivity contribution is 0.0674. The van der Waals surface area contributed by atoms with Crippen molar-refractivity contribution in [3.63, 3.8) is 0 Å². The number of ether oxygens (including phenoxy) is 1. The van der Waals surface area contributed by atoms with Gasteiger partial charge in [0.05, 0.1) is 25.3 Å². The van der Waals surface area contributed by atoms with Gasteiger partial charge in [0.2, 0.25) is 0 Å². The van der Waals surface area contributed by atoms with Gasteiger partial charge in [-0.15, -0.1) is 0 Å². The molecule has 1 fully saturated rings. The lowest BCUT2D eigenvalue weighted by Gasteiger charge is -2.23. The van der Waals surface area contributed by atoms with E-state index in [9.17, 15) is 15.0 Å². The molecule has 1 aromatic carbocycles. The van der Waals surface area contributed by atoms with Crippen molar-refractivity contribution in [1.29, 1.82) is 0 Å². The van der Waals surface area contributed by atoms with Gasteiger partial charge in [0, 0.05) is 12.6 Å². The number of benzene rings is 1. The molecule has 18 heavy (non-hydrogen) atoms. The van der Waals surface area contributed by atoms with Gasteiger partial charge in [-0.3, -0.25) is 4.79 Å². The molecule has 0 aliphatic carbocycles. The number of amides is 1. The molecule has 1 atom stereocenters. The highest BCUT2D eigenvalue weighted by atomic mass is 16.5. The number of phenolic OH excluding ortho intramolecular Hbond substituents is 1. The Bertz CT molecular complexity index is 447. The van der Waals surface area contributed by atoms with Gasteiger partial charge >= 0.3 is 0 Å². The van der Waals surface area contributed by atoms with Crippen molar-refractivity contribution in [2.75, 3.05) is 20.3 Å². The molecule has 1 aromatic rings. The summed E-state index contributed by atoms with van der Waals surface area (Å²) in [5.74, 6) is 0.166. The maximum absolute atomic E-state index is 12.3. The van der Waals surface area contributed by atoms with E-state index in [0.29, 0.717) is 12.3 Å². The standard InChI is InChI=1S/C13H17NO4/c1-18-10-4-5-11(12(16)7-10)13(17)14-6-2-3-9(14)8-15/h4-5,7,9,15-16H,2-3,6,8H2,1H3. The highest BCUT2D eigenvalue weighted by molar-refractivity contribution is 5.97. The lowest BCUT2D eigenvalue weighted by Crippen LogP contribution is -2.37. The first kappa shape index (κ1) is 12.7. The molecule has 0 bridgehead atoms. The summed E-state index contributed by atoms with van der Waals surface area (Å²) >= 11 is 0. The second-order valence-corrected chi connectivity index (χ2v) is 4.36. The summed E-state index contributed by atoms with van der Waals surface area (Å²) in [6.07, 6.45) is 1.69. The molecule has 0 radical (unpaired) electrons. The number of aliphatic hydroxyl groups is 1. The molecule has 1 unspecified atom stereocenters. The molecule has 0 aromatic heterocycles. The maximum atomic E-state index is 12.3. The number of carbonyl (C=O) groups excluding carboxylic acids is 1. The molecule has 98 valence electrons. The monoisotopic (exact) mass is 251 g/mol. The number of hydrogen-bond acceptors (Lipinski definition) is 4. The first-order valence-corrected chi connectivity index (χ1v) is 5.96. The quantitative estimate of drug-likeness (QED) is 0.840. The van der Waals surface area contributed by atoms with E-state index in [4.69, 9.17) is 4.74 Å². The maximum Gasteiger partial charge on any atom is 0.257 e. The first-order valence-electron chi connectivity index (χ1n) is 5.96. The number of methoxy groups -OCH3 is 1. The molecule has 1 heterocycles. The summed E-state index contributed by atoms with van der Waals surface area (Å²) in [6.45, 7) is 0.582. The van der Waals surface area contributed by atoms with Crippen LogP contribution in [0.3, 0.4) is 0 Å². The Labute approximate surface area is 106 Å². The van der Waals surface area contributed by atoms with E-state index in [0.717, 1.165) is 12.8 Å². The van der Waals surface area contributed by atoms with Crippen LogP contribution in [0, 0.1) is 0 Å². The summed E-state index contributed by atoms with van der Waals surface area (Å²) in [5.41, 5.74) is 0.246. The van der Waals surface area contributed by atoms with Crippen LogP contribution in [0.1, 0.15) is 23.2 Å². The van der Waals surface area contributed by atoms with Crippen molar-refractivity contribution in [1.82, 2.24) is 4.90 Å². The minimum absolute atomic E-state index is 0.0390. The number of aromatic hydroxyl groups is 1. The number of hydrogen-bond donors (Lipinski definition) is 2. The van der Waals surface area contributed by atoms with E-state index < -0.39 is 0 Å². The van der Waals surface area contributed by atoms with Crippen LogP contribution in [0.15, 0.2) is 18.2 Å². The van der Waals surface area contributed by atoms with Gasteiger partial charge in [0.15, 0.2) is 0 Å². The Kier molecular flexibility index (Phi) is 3.72. The Balaban J connectivity index is 2.23. The zero-order chi connectivity index (χ0) is 13.1. The molecule has 2 rings (SSSR count). The van der Waals surface area contributed by atoms with Gasteiger partial charge in [0.1, 0.15) is 11.5 Å². The Hall–Kier alpha value is -1.75. The summed E-state index contributed by atoms with van der Waals surface area (Å²) in [7, 11) is 1.50. The van der Waals surface area contributed by atoms with Crippen LogP contribution in [0.2, 0.25) is 0 Å². The minimum atomic E-state index is -0.244. The number of likely N-dealkylation sites (tertiary alicyclic amines) is 1. The van der Waals surface area contributed by atoms with E-state index in [2.05, 4.69) is 0 Å². The van der Waals surface area contributed by atoms with Crippen LogP contribution in [-0.4, -0.2) is 47.3 Å². The van der Waals surface area contributed by atoms with Gasteiger partial charge in [-0.1, -0.05) is 0 Å². The van der Waals surface area contributed by atoms with Gasteiger partial charge in [-0.05, 0) is 25.0 Å². The van der Waals surface area contributed by atoms with Crippen molar-refractivity contribution in [3.8, 4) is 11.5 Å². The van der Waals surface area contributed by atoms with Crippen LogP contribution in [-0.2, 0) is 0 Å². The number of phenols is 1. The van der Waals surface area contributed by atoms with Gasteiger partial charge in [0.25, 0.3) is 5.91 Å². The fourth-order valence-corrected chi connectivity index (χ4v) is 2.27. The van der Waals surface area contributed by atoms with Crippen LogP contribution >= 0.6 is 0 Å². The molecule has 1 aliphatic heterocycles. The zero-order valence-electron chi connectivity index (χ0n) is 10.3. The molecular weight excluding hydrogens is 234 g/mol. The van der Waals surface area contributed by atoms with Gasteiger partial charge in [-0.25, -0.2) is 0 Å². The second-order valence-electron chi connectivity index (χ2n) is 4.36. The summed E-state index contributed by atoms with van der Waals surface area (Å²) in [4.78, 5) is 13.9. The largest absolute Gasteiger partial charge is 0.507 e. The van der Waals surface area contributed by atoms with E-state index >= 15 is 0 Å². The molecule has 5 heteroatoms. The lowest BCUT2D eigenvalue weighted by atomic mass is 10.1. The van der Waals surface area contributed by atoms with Crippen molar-refractivity contribution in [2.45, 2.75) is 18.9 Å². The van der Waals surface area contributed by atoms with Crippen LogP contribution in [0.5, 0.6) is 11.5 Å². The first-order chi connectivity index (χ1) is 8.67. The normalized spacial score (nSPS) is 19.0. The second kappa shape index (κ2) is 5.27. The molecule has 1 amide bonds. The molecule has 2 N–H and O–H groups in total. The SMILES string of the molecule is COc1ccc(C(=O)N2CCCC2CO)c(O)c1. The third kappa shape index (κ3) is 2.26. The number of nitrogens with zero attached hydrogens (tertiary/aromatic N) is 1. The van der Waals surface area contributed by atoms with Crippen LogP contribution in [0.4, 0.5) is 0 Å².